The standard InChI is InChI=1S/C10H16N4O/c1-14-6-8(5-11)9(13-14)12-10(15)7-3-2-4-7/h6-7H,2-5,11H2,1H3,(H,12,13,15). The van der Waals surface area contributed by atoms with Crippen LogP contribution in [0.2, 0.25) is 0 Å². The molecule has 2 rings (SSSR count). The predicted molar refractivity (Wildman–Crippen MR) is 57.1 cm³/mol. The Bertz CT molecular complexity index is 367. The number of nitrogens with one attached hydrogen (secondary N) is 1. The van der Waals surface area contributed by atoms with Crippen molar-refractivity contribution < 1.29 is 4.79 Å². The minimum absolute atomic E-state index is 0.0784. The molecule has 1 saturated carbocycles. The first-order chi connectivity index (χ1) is 7.20. The smallest absolute Gasteiger partial charge is 0.228 e. The van der Waals surface area contributed by atoms with Crippen LogP contribution in [0.1, 0.15) is 24.8 Å². The van der Waals surface area contributed by atoms with Gasteiger partial charge in [-0.05, 0) is 12.8 Å². The second-order valence-electron chi connectivity index (χ2n) is 4.00. The van der Waals surface area contributed by atoms with Gasteiger partial charge in [0.05, 0.1) is 0 Å². The van der Waals surface area contributed by atoms with Crippen LogP contribution in [-0.2, 0) is 18.4 Å². The van der Waals surface area contributed by atoms with E-state index in [0.717, 1.165) is 24.8 Å². The van der Waals surface area contributed by atoms with Crippen LogP contribution in [0, 0.1) is 5.92 Å². The lowest BCUT2D eigenvalue weighted by Gasteiger charge is -2.23. The maximum absolute atomic E-state index is 11.7. The van der Waals surface area contributed by atoms with Crippen LogP contribution >= 0.6 is 0 Å². The first-order valence-electron chi connectivity index (χ1n) is 5.24. The molecule has 3 N–H and O–H groups in total. The van der Waals surface area contributed by atoms with Gasteiger partial charge in [0, 0.05) is 31.3 Å². The Morgan fingerprint density at radius 2 is 2.47 bits per heavy atom. The monoisotopic (exact) mass is 208 g/mol. The molecule has 0 saturated heterocycles. The molecule has 5 heteroatoms. The molecule has 1 fully saturated rings. The van der Waals surface area contributed by atoms with Gasteiger partial charge in [-0.15, -0.1) is 0 Å². The third kappa shape index (κ3) is 2.02. The highest BCUT2D eigenvalue weighted by atomic mass is 16.2. The van der Waals surface area contributed by atoms with Crippen LogP contribution in [-0.4, -0.2) is 15.7 Å². The van der Waals surface area contributed by atoms with E-state index in [2.05, 4.69) is 10.4 Å². The first-order valence-corrected chi connectivity index (χ1v) is 5.24. The van der Waals surface area contributed by atoms with Gasteiger partial charge in [-0.25, -0.2) is 0 Å². The van der Waals surface area contributed by atoms with Crippen molar-refractivity contribution in [3.8, 4) is 0 Å². The van der Waals surface area contributed by atoms with E-state index in [1.165, 1.54) is 0 Å². The number of nitrogens with zero attached hydrogens (tertiary/aromatic N) is 2. The molecule has 0 radical (unpaired) electrons. The fourth-order valence-corrected chi connectivity index (χ4v) is 1.68. The first kappa shape index (κ1) is 10.2. The molecule has 15 heavy (non-hydrogen) atoms. The van der Waals surface area contributed by atoms with Crippen molar-refractivity contribution in [1.29, 1.82) is 0 Å². The van der Waals surface area contributed by atoms with E-state index in [-0.39, 0.29) is 11.8 Å². The van der Waals surface area contributed by atoms with E-state index >= 15 is 0 Å². The quantitative estimate of drug-likeness (QED) is 0.764. The maximum atomic E-state index is 11.7. The average Bonchev–Trinajstić information content (AvgIpc) is 2.42. The molecule has 82 valence electrons. The highest BCUT2D eigenvalue weighted by molar-refractivity contribution is 5.92. The Hall–Kier alpha value is -1.36. The Morgan fingerprint density at radius 1 is 1.73 bits per heavy atom. The summed E-state index contributed by atoms with van der Waals surface area (Å²) in [6.07, 6.45) is 4.98. The van der Waals surface area contributed by atoms with Crippen LogP contribution in [0.15, 0.2) is 6.20 Å². The summed E-state index contributed by atoms with van der Waals surface area (Å²) in [6.45, 7) is 0.397. The van der Waals surface area contributed by atoms with Gasteiger partial charge in [0.25, 0.3) is 0 Å². The zero-order chi connectivity index (χ0) is 10.8. The van der Waals surface area contributed by atoms with E-state index in [1.807, 2.05) is 13.2 Å². The van der Waals surface area contributed by atoms with Crippen LogP contribution in [0.3, 0.4) is 0 Å². The Morgan fingerprint density at radius 3 is 3.00 bits per heavy atom. The van der Waals surface area contributed by atoms with Crippen LogP contribution in [0.4, 0.5) is 5.82 Å². The number of rotatable bonds is 3. The number of carbonyl (C=O) groups is 1. The van der Waals surface area contributed by atoms with Crippen LogP contribution in [0.5, 0.6) is 0 Å². The molecule has 5 nitrogen and oxygen atoms in total. The summed E-state index contributed by atoms with van der Waals surface area (Å²) in [7, 11) is 1.82. The molecule has 1 aromatic rings. The van der Waals surface area contributed by atoms with Gasteiger partial charge in [-0.2, -0.15) is 5.10 Å². The van der Waals surface area contributed by atoms with Crippen LogP contribution < -0.4 is 11.1 Å². The molecule has 1 heterocycles. The minimum atomic E-state index is 0.0784. The molecule has 1 amide bonds. The van der Waals surface area contributed by atoms with Gasteiger partial charge in [0.2, 0.25) is 5.91 Å². The zero-order valence-electron chi connectivity index (χ0n) is 8.86. The second-order valence-corrected chi connectivity index (χ2v) is 4.00. The summed E-state index contributed by atoms with van der Waals surface area (Å²) < 4.78 is 1.67. The third-order valence-electron chi connectivity index (χ3n) is 2.84. The highest BCUT2D eigenvalue weighted by Gasteiger charge is 2.26. The van der Waals surface area contributed by atoms with Gasteiger partial charge in [0.15, 0.2) is 5.82 Å². The summed E-state index contributed by atoms with van der Waals surface area (Å²) in [5, 5.41) is 7.00. The largest absolute Gasteiger partial charge is 0.326 e. The Kier molecular flexibility index (Phi) is 2.73. The number of carbonyl (C=O) groups excluding carboxylic acids is 1. The lowest BCUT2D eigenvalue weighted by Crippen LogP contribution is -2.28. The summed E-state index contributed by atoms with van der Waals surface area (Å²) in [5.74, 6) is 0.865. The van der Waals surface area contributed by atoms with E-state index < -0.39 is 0 Å². The van der Waals surface area contributed by atoms with Gasteiger partial charge in [0.1, 0.15) is 0 Å². The van der Waals surface area contributed by atoms with Crippen molar-refractivity contribution in [3.05, 3.63) is 11.8 Å². The average molecular weight is 208 g/mol. The summed E-state index contributed by atoms with van der Waals surface area (Å²) in [5.41, 5.74) is 6.44. The molecule has 1 aliphatic rings. The number of anilines is 1. The third-order valence-corrected chi connectivity index (χ3v) is 2.84. The molecular weight excluding hydrogens is 192 g/mol. The summed E-state index contributed by atoms with van der Waals surface area (Å²) in [4.78, 5) is 11.7. The number of nitrogens with two attached hydrogens (primary N) is 1. The normalized spacial score (nSPS) is 16.1. The van der Waals surface area contributed by atoms with E-state index in [1.54, 1.807) is 4.68 Å². The summed E-state index contributed by atoms with van der Waals surface area (Å²) in [6, 6.07) is 0. The molecule has 0 bridgehead atoms. The van der Waals surface area contributed by atoms with Crippen LogP contribution in [0.25, 0.3) is 0 Å². The fourth-order valence-electron chi connectivity index (χ4n) is 1.68. The van der Waals surface area contributed by atoms with Crippen molar-refractivity contribution in [2.24, 2.45) is 18.7 Å². The Labute approximate surface area is 88.6 Å². The molecule has 0 atom stereocenters. The number of hydrogen-bond donors (Lipinski definition) is 2. The predicted octanol–water partition coefficient (Wildman–Crippen LogP) is 0.617. The van der Waals surface area contributed by atoms with E-state index in [4.69, 9.17) is 5.73 Å². The SMILES string of the molecule is Cn1cc(CN)c(NC(=O)C2CCC2)n1. The number of aryl methyl sites for hydroxylation is 1. The van der Waals surface area contributed by atoms with Gasteiger partial charge < -0.3 is 11.1 Å². The Balaban J connectivity index is 2.05. The molecule has 0 spiro atoms. The molecular formula is C10H16N4O. The van der Waals surface area contributed by atoms with Gasteiger partial charge >= 0.3 is 0 Å². The molecule has 1 aromatic heterocycles. The lowest BCUT2D eigenvalue weighted by molar-refractivity contribution is -0.122. The lowest BCUT2D eigenvalue weighted by atomic mass is 9.85. The van der Waals surface area contributed by atoms with Crippen molar-refractivity contribution >= 4 is 11.7 Å². The highest BCUT2D eigenvalue weighted by Crippen LogP contribution is 2.27. The maximum Gasteiger partial charge on any atom is 0.228 e. The van der Waals surface area contributed by atoms with Crippen molar-refractivity contribution in [2.75, 3.05) is 5.32 Å². The zero-order valence-corrected chi connectivity index (χ0v) is 8.86. The molecule has 1 aliphatic carbocycles. The van der Waals surface area contributed by atoms with E-state index in [9.17, 15) is 4.79 Å². The number of hydrogen-bond acceptors (Lipinski definition) is 3. The minimum Gasteiger partial charge on any atom is -0.326 e. The second kappa shape index (κ2) is 4.02. The molecule has 0 unspecified atom stereocenters. The number of aromatic nitrogens is 2. The molecule has 0 aromatic carbocycles. The summed E-state index contributed by atoms with van der Waals surface area (Å²) >= 11 is 0. The topological polar surface area (TPSA) is 72.9 Å². The van der Waals surface area contributed by atoms with Gasteiger partial charge in [-0.3, -0.25) is 9.48 Å². The van der Waals surface area contributed by atoms with E-state index in [0.29, 0.717) is 12.4 Å². The number of amides is 1. The molecule has 0 aliphatic heterocycles. The fraction of sp³-hybridized carbons (Fsp3) is 0.600. The van der Waals surface area contributed by atoms with Crippen molar-refractivity contribution in [1.82, 2.24) is 9.78 Å². The van der Waals surface area contributed by atoms with Gasteiger partial charge in [-0.1, -0.05) is 6.42 Å². The van der Waals surface area contributed by atoms with Crippen molar-refractivity contribution in [2.45, 2.75) is 25.8 Å². The van der Waals surface area contributed by atoms with Crippen molar-refractivity contribution in [3.63, 3.8) is 0 Å².